The van der Waals surface area contributed by atoms with Crippen molar-refractivity contribution >= 4 is 12.1 Å². The fourth-order valence-electron chi connectivity index (χ4n) is 3.09. The molecule has 1 unspecified atom stereocenters. The number of nitrogens with zero attached hydrogens (tertiary/aromatic N) is 3. The molecule has 0 aromatic carbocycles. The van der Waals surface area contributed by atoms with Gasteiger partial charge in [-0.3, -0.25) is 0 Å². The summed E-state index contributed by atoms with van der Waals surface area (Å²) in [5.41, 5.74) is -0.551. The van der Waals surface area contributed by atoms with E-state index in [-0.39, 0.29) is 24.2 Å². The molecule has 0 bridgehead atoms. The molecule has 1 aromatic heterocycles. The second-order valence-corrected chi connectivity index (χ2v) is 7.78. The van der Waals surface area contributed by atoms with E-state index in [1.165, 1.54) is 0 Å². The van der Waals surface area contributed by atoms with Crippen molar-refractivity contribution in [2.75, 3.05) is 0 Å². The summed E-state index contributed by atoms with van der Waals surface area (Å²) in [7, 11) is 1.83. The highest BCUT2D eigenvalue weighted by atomic mass is 16.6. The topological polar surface area (TPSA) is 110 Å². The molecule has 0 radical (unpaired) electrons. The molecule has 1 aromatic rings. The molecule has 1 aliphatic carbocycles. The van der Waals surface area contributed by atoms with Gasteiger partial charge in [0.05, 0.1) is 18.1 Å². The van der Waals surface area contributed by atoms with Gasteiger partial charge in [0.2, 0.25) is 0 Å². The summed E-state index contributed by atoms with van der Waals surface area (Å²) >= 11 is 0. The fraction of sp³-hybridized carbons (Fsp3) is 0.765. The Morgan fingerprint density at radius 2 is 1.85 bits per heavy atom. The van der Waals surface area contributed by atoms with E-state index in [1.807, 2.05) is 34.7 Å². The van der Waals surface area contributed by atoms with E-state index in [0.717, 1.165) is 25.7 Å². The first-order chi connectivity index (χ1) is 12.2. The van der Waals surface area contributed by atoms with Crippen LogP contribution in [0.15, 0.2) is 6.33 Å². The highest BCUT2D eigenvalue weighted by molar-refractivity contribution is 5.75. The van der Waals surface area contributed by atoms with Crippen molar-refractivity contribution in [3.05, 3.63) is 12.2 Å². The lowest BCUT2D eigenvalue weighted by atomic mass is 9.90. The van der Waals surface area contributed by atoms with Crippen LogP contribution in [0.4, 0.5) is 9.59 Å². The maximum atomic E-state index is 12.4. The van der Waals surface area contributed by atoms with Crippen LogP contribution in [0.3, 0.4) is 0 Å². The first-order valence-corrected chi connectivity index (χ1v) is 9.06. The predicted octanol–water partition coefficient (Wildman–Crippen LogP) is 2.01. The van der Waals surface area contributed by atoms with Crippen molar-refractivity contribution in [1.29, 1.82) is 0 Å². The minimum absolute atomic E-state index is 0.136. The third kappa shape index (κ3) is 5.89. The van der Waals surface area contributed by atoms with Gasteiger partial charge in [-0.2, -0.15) is 0 Å². The maximum absolute atomic E-state index is 12.4. The van der Waals surface area contributed by atoms with Crippen LogP contribution in [0, 0.1) is 0 Å². The molecule has 1 saturated carbocycles. The summed E-state index contributed by atoms with van der Waals surface area (Å²) < 4.78 is 7.09. The lowest BCUT2D eigenvalue weighted by molar-refractivity contribution is 0.0480. The normalized spacial score (nSPS) is 21.6. The Morgan fingerprint density at radius 1 is 1.23 bits per heavy atom. The van der Waals surface area contributed by atoms with Crippen molar-refractivity contribution in [2.24, 2.45) is 7.05 Å². The molecule has 9 nitrogen and oxygen atoms in total. The Bertz CT molecular complexity index is 624. The summed E-state index contributed by atoms with van der Waals surface area (Å²) in [5.74, 6) is 0.673. The molecule has 1 heterocycles. The summed E-state index contributed by atoms with van der Waals surface area (Å²) in [5, 5.41) is 16.5. The van der Waals surface area contributed by atoms with E-state index in [1.54, 1.807) is 10.9 Å². The third-order valence-corrected chi connectivity index (χ3v) is 4.27. The van der Waals surface area contributed by atoms with E-state index in [4.69, 9.17) is 4.74 Å². The number of carbonyl (C=O) groups is 2. The van der Waals surface area contributed by atoms with Crippen molar-refractivity contribution in [2.45, 2.75) is 77.1 Å². The van der Waals surface area contributed by atoms with Gasteiger partial charge in [-0.1, -0.05) is 12.8 Å². The van der Waals surface area contributed by atoms with Gasteiger partial charge in [0, 0.05) is 7.05 Å². The standard InChI is InChI=1S/C17H30N6O3/c1-11(14-22-18-10-23(14)5)19-15(24)20-12-8-6-7-9-13(12)21-16(25)26-17(2,3)4/h10-13H,6-9H2,1-5H3,(H,21,25)(H2,19,20,24)/t11?,12-,13-/m1/s1. The maximum Gasteiger partial charge on any atom is 0.407 e. The Morgan fingerprint density at radius 3 is 2.38 bits per heavy atom. The Kier molecular flexibility index (Phi) is 6.44. The van der Waals surface area contributed by atoms with Crippen molar-refractivity contribution in [3.63, 3.8) is 0 Å². The number of hydrogen-bond donors (Lipinski definition) is 3. The molecule has 0 saturated heterocycles. The molecule has 1 fully saturated rings. The minimum atomic E-state index is -0.551. The quantitative estimate of drug-likeness (QED) is 0.755. The fourth-order valence-corrected chi connectivity index (χ4v) is 3.09. The van der Waals surface area contributed by atoms with Crippen LogP contribution < -0.4 is 16.0 Å². The van der Waals surface area contributed by atoms with Crippen molar-refractivity contribution < 1.29 is 14.3 Å². The second kappa shape index (κ2) is 8.37. The molecule has 1 aliphatic rings. The molecule has 3 N–H and O–H groups in total. The van der Waals surface area contributed by atoms with Gasteiger partial charge in [0.25, 0.3) is 0 Å². The van der Waals surface area contributed by atoms with Crippen LogP contribution in [-0.2, 0) is 11.8 Å². The average molecular weight is 366 g/mol. The van der Waals surface area contributed by atoms with E-state index in [9.17, 15) is 9.59 Å². The number of alkyl carbamates (subject to hydrolysis) is 1. The van der Waals surface area contributed by atoms with Crippen LogP contribution in [0.5, 0.6) is 0 Å². The van der Waals surface area contributed by atoms with Crippen molar-refractivity contribution in [1.82, 2.24) is 30.7 Å². The van der Waals surface area contributed by atoms with Crippen LogP contribution in [0.25, 0.3) is 0 Å². The second-order valence-electron chi connectivity index (χ2n) is 7.78. The molecule has 3 atom stereocenters. The summed E-state index contributed by atoms with van der Waals surface area (Å²) in [6.07, 6.45) is 4.78. The first kappa shape index (κ1) is 20.0. The number of ether oxygens (including phenoxy) is 1. The molecule has 0 spiro atoms. The molecular formula is C17H30N6O3. The van der Waals surface area contributed by atoms with Gasteiger partial charge in [-0.15, -0.1) is 10.2 Å². The molecule has 9 heteroatoms. The zero-order valence-electron chi connectivity index (χ0n) is 16.2. The number of rotatable bonds is 4. The van der Waals surface area contributed by atoms with E-state index in [2.05, 4.69) is 26.1 Å². The summed E-state index contributed by atoms with van der Waals surface area (Å²) in [6.45, 7) is 7.32. The molecule has 2 rings (SSSR count). The number of aromatic nitrogens is 3. The zero-order valence-corrected chi connectivity index (χ0v) is 16.2. The molecular weight excluding hydrogens is 336 g/mol. The molecule has 0 aliphatic heterocycles. The smallest absolute Gasteiger partial charge is 0.407 e. The largest absolute Gasteiger partial charge is 0.444 e. The number of aryl methyl sites for hydroxylation is 1. The van der Waals surface area contributed by atoms with Gasteiger partial charge in [0.15, 0.2) is 5.82 Å². The van der Waals surface area contributed by atoms with Gasteiger partial charge in [-0.25, -0.2) is 9.59 Å². The summed E-state index contributed by atoms with van der Waals surface area (Å²) in [4.78, 5) is 24.4. The Labute approximate surface area is 154 Å². The van der Waals surface area contributed by atoms with E-state index < -0.39 is 11.7 Å². The lowest BCUT2D eigenvalue weighted by Crippen LogP contribution is -2.55. The first-order valence-electron chi connectivity index (χ1n) is 9.06. The SMILES string of the molecule is CC(NC(=O)N[C@@H]1CCCC[C@H]1NC(=O)OC(C)(C)C)c1nncn1C. The van der Waals surface area contributed by atoms with Crippen LogP contribution >= 0.6 is 0 Å². The Hall–Kier alpha value is -2.32. The third-order valence-electron chi connectivity index (χ3n) is 4.27. The van der Waals surface area contributed by atoms with E-state index >= 15 is 0 Å². The molecule has 146 valence electrons. The highest BCUT2D eigenvalue weighted by Gasteiger charge is 2.30. The number of urea groups is 1. The van der Waals surface area contributed by atoms with Crippen molar-refractivity contribution in [3.8, 4) is 0 Å². The van der Waals surface area contributed by atoms with Gasteiger partial charge >= 0.3 is 12.1 Å². The molecule has 3 amide bonds. The average Bonchev–Trinajstić information content (AvgIpc) is 2.93. The minimum Gasteiger partial charge on any atom is -0.444 e. The van der Waals surface area contributed by atoms with E-state index in [0.29, 0.717) is 5.82 Å². The highest BCUT2D eigenvalue weighted by Crippen LogP contribution is 2.19. The Balaban J connectivity index is 1.89. The number of nitrogens with one attached hydrogen (secondary N) is 3. The monoisotopic (exact) mass is 366 g/mol. The van der Waals surface area contributed by atoms with Gasteiger partial charge in [0.1, 0.15) is 11.9 Å². The predicted molar refractivity (Wildman–Crippen MR) is 96.5 cm³/mol. The van der Waals surface area contributed by atoms with Crippen LogP contribution in [0.1, 0.15) is 65.2 Å². The molecule has 26 heavy (non-hydrogen) atoms. The van der Waals surface area contributed by atoms with Crippen LogP contribution in [-0.4, -0.2) is 44.6 Å². The summed E-state index contributed by atoms with van der Waals surface area (Å²) in [6, 6.07) is -0.843. The van der Waals surface area contributed by atoms with Gasteiger partial charge in [-0.05, 0) is 40.5 Å². The number of hydrogen-bond acceptors (Lipinski definition) is 5. The van der Waals surface area contributed by atoms with Gasteiger partial charge < -0.3 is 25.3 Å². The van der Waals surface area contributed by atoms with Crippen LogP contribution in [0.2, 0.25) is 0 Å². The number of carbonyl (C=O) groups excluding carboxylic acids is 2. The zero-order chi connectivity index (χ0) is 19.3. The number of amides is 3. The lowest BCUT2D eigenvalue weighted by Gasteiger charge is -2.33.